The summed E-state index contributed by atoms with van der Waals surface area (Å²) in [5.41, 5.74) is 3.71. The highest BCUT2D eigenvalue weighted by Crippen LogP contribution is 2.23. The highest BCUT2D eigenvalue weighted by Gasteiger charge is 2.26. The van der Waals surface area contributed by atoms with Crippen LogP contribution < -0.4 is 4.74 Å². The number of benzene rings is 1. The summed E-state index contributed by atoms with van der Waals surface area (Å²) in [5.74, 6) is 0.869. The van der Waals surface area contributed by atoms with Gasteiger partial charge in [0.25, 0.3) is 0 Å². The molecule has 1 saturated heterocycles. The van der Waals surface area contributed by atoms with E-state index in [4.69, 9.17) is 4.74 Å². The lowest BCUT2D eigenvalue weighted by Crippen LogP contribution is -2.53. The summed E-state index contributed by atoms with van der Waals surface area (Å²) < 4.78 is 7.34. The number of piperazine rings is 1. The highest BCUT2D eigenvalue weighted by molar-refractivity contribution is 5.37. The molecule has 1 atom stereocenters. The lowest BCUT2D eigenvalue weighted by molar-refractivity contribution is 0.0636. The monoisotopic (exact) mass is 399 g/mol. The topological polar surface area (TPSA) is 66.7 Å². The number of nitrogens with zero attached hydrogens (tertiary/aromatic N) is 5. The van der Waals surface area contributed by atoms with Crippen molar-refractivity contribution in [3.63, 3.8) is 0 Å². The molecule has 3 rings (SSSR count). The molecule has 1 fully saturated rings. The quantitative estimate of drug-likeness (QED) is 0.652. The number of ether oxygens (including phenoxy) is 1. The number of aliphatic hydroxyl groups excluding tert-OH is 1. The molecule has 7 heteroatoms. The van der Waals surface area contributed by atoms with Gasteiger partial charge in [-0.1, -0.05) is 17.7 Å². The van der Waals surface area contributed by atoms with E-state index in [1.165, 1.54) is 11.1 Å². The average molecular weight is 400 g/mol. The first-order valence-electron chi connectivity index (χ1n) is 10.3. The van der Waals surface area contributed by atoms with Crippen molar-refractivity contribution in [3.8, 4) is 5.75 Å². The number of hydrogen-bond acceptors (Lipinski definition) is 6. The Kier molecular flexibility index (Phi) is 7.80. The molecular weight excluding hydrogens is 366 g/mol. The summed E-state index contributed by atoms with van der Waals surface area (Å²) in [5, 5.41) is 13.7. The Hall–Kier alpha value is -2.22. The van der Waals surface area contributed by atoms with Crippen LogP contribution in [-0.4, -0.2) is 75.6 Å². The molecule has 0 spiro atoms. The van der Waals surface area contributed by atoms with Crippen LogP contribution in [0.3, 0.4) is 0 Å². The molecule has 1 aromatic heterocycles. The number of allylic oxidation sites excluding steroid dienone is 1. The Morgan fingerprint density at radius 1 is 1.28 bits per heavy atom. The molecule has 7 nitrogen and oxygen atoms in total. The standard InChI is InChI=1S/C22H33N5O2/c1-18(2)6-8-26-10-9-25(15-21(26)7-11-28)13-19-4-5-22(29-3)20(12-19)14-27-17-23-16-24-27/h4-6,12,16-17,21,28H,7-11,13-15H2,1-3H3. The molecule has 2 aromatic rings. The Morgan fingerprint density at radius 2 is 2.14 bits per heavy atom. The smallest absolute Gasteiger partial charge is 0.137 e. The summed E-state index contributed by atoms with van der Waals surface area (Å²) >= 11 is 0. The molecule has 29 heavy (non-hydrogen) atoms. The first-order valence-corrected chi connectivity index (χ1v) is 10.3. The maximum Gasteiger partial charge on any atom is 0.137 e. The fourth-order valence-corrected chi connectivity index (χ4v) is 3.86. The van der Waals surface area contributed by atoms with Crippen molar-refractivity contribution in [1.82, 2.24) is 24.6 Å². The summed E-state index contributed by atoms with van der Waals surface area (Å²) in [6.07, 6.45) is 6.36. The number of methoxy groups -OCH3 is 1. The maximum absolute atomic E-state index is 9.52. The van der Waals surface area contributed by atoms with E-state index in [1.807, 2.05) is 6.07 Å². The second-order valence-corrected chi connectivity index (χ2v) is 7.92. The minimum atomic E-state index is 0.231. The van der Waals surface area contributed by atoms with Gasteiger partial charge in [-0.05, 0) is 38.0 Å². The second-order valence-electron chi connectivity index (χ2n) is 7.92. The van der Waals surface area contributed by atoms with Gasteiger partial charge in [0.05, 0.1) is 13.7 Å². The molecule has 1 N–H and O–H groups in total. The Balaban J connectivity index is 1.67. The summed E-state index contributed by atoms with van der Waals surface area (Å²) in [4.78, 5) is 9.00. The predicted molar refractivity (Wildman–Crippen MR) is 114 cm³/mol. The Labute approximate surface area is 173 Å². The summed E-state index contributed by atoms with van der Waals surface area (Å²) in [7, 11) is 1.70. The molecule has 0 radical (unpaired) electrons. The van der Waals surface area contributed by atoms with E-state index in [0.717, 1.165) is 50.5 Å². The molecule has 0 saturated carbocycles. The third kappa shape index (κ3) is 6.13. The molecule has 0 aliphatic carbocycles. The van der Waals surface area contributed by atoms with E-state index in [2.05, 4.69) is 51.9 Å². The Bertz CT molecular complexity index is 787. The molecular formula is C22H33N5O2. The van der Waals surface area contributed by atoms with E-state index in [-0.39, 0.29) is 6.61 Å². The predicted octanol–water partition coefficient (Wildman–Crippen LogP) is 2.17. The third-order valence-corrected chi connectivity index (χ3v) is 5.44. The average Bonchev–Trinajstić information content (AvgIpc) is 3.21. The van der Waals surface area contributed by atoms with Crippen LogP contribution >= 0.6 is 0 Å². The van der Waals surface area contributed by atoms with Gasteiger partial charge in [-0.2, -0.15) is 5.10 Å². The van der Waals surface area contributed by atoms with E-state index in [9.17, 15) is 5.11 Å². The molecule has 1 aliphatic heterocycles. The van der Waals surface area contributed by atoms with Crippen LogP contribution in [0.15, 0.2) is 42.5 Å². The fraction of sp³-hybridized carbons (Fsp3) is 0.545. The van der Waals surface area contributed by atoms with Gasteiger partial charge in [-0.3, -0.25) is 9.80 Å². The Morgan fingerprint density at radius 3 is 2.83 bits per heavy atom. The normalized spacial score (nSPS) is 18.0. The van der Waals surface area contributed by atoms with E-state index in [0.29, 0.717) is 12.6 Å². The summed E-state index contributed by atoms with van der Waals surface area (Å²) in [6, 6.07) is 6.77. The molecule has 1 unspecified atom stereocenters. The van der Waals surface area contributed by atoms with Crippen molar-refractivity contribution in [2.45, 2.75) is 39.4 Å². The minimum absolute atomic E-state index is 0.231. The zero-order valence-electron chi connectivity index (χ0n) is 17.8. The zero-order valence-corrected chi connectivity index (χ0v) is 17.8. The molecule has 0 amide bonds. The third-order valence-electron chi connectivity index (χ3n) is 5.44. The van der Waals surface area contributed by atoms with Gasteiger partial charge < -0.3 is 9.84 Å². The van der Waals surface area contributed by atoms with Gasteiger partial charge in [0.15, 0.2) is 0 Å². The number of rotatable bonds is 9. The van der Waals surface area contributed by atoms with Crippen molar-refractivity contribution in [1.29, 1.82) is 0 Å². The molecule has 158 valence electrons. The van der Waals surface area contributed by atoms with E-state index in [1.54, 1.807) is 24.4 Å². The van der Waals surface area contributed by atoms with Crippen molar-refractivity contribution < 1.29 is 9.84 Å². The van der Waals surface area contributed by atoms with Crippen LogP contribution in [0.2, 0.25) is 0 Å². The van der Waals surface area contributed by atoms with Crippen molar-refractivity contribution in [3.05, 3.63) is 53.6 Å². The molecule has 1 aromatic carbocycles. The zero-order chi connectivity index (χ0) is 20.6. The van der Waals surface area contributed by atoms with Crippen molar-refractivity contribution >= 4 is 0 Å². The van der Waals surface area contributed by atoms with Crippen LogP contribution in [0.25, 0.3) is 0 Å². The number of aromatic nitrogens is 3. The van der Waals surface area contributed by atoms with Crippen LogP contribution in [0, 0.1) is 0 Å². The lowest BCUT2D eigenvalue weighted by Gasteiger charge is -2.41. The van der Waals surface area contributed by atoms with Crippen LogP contribution in [0.1, 0.15) is 31.4 Å². The van der Waals surface area contributed by atoms with E-state index >= 15 is 0 Å². The SMILES string of the molecule is COc1ccc(CN2CCN(CC=C(C)C)C(CCO)C2)cc1Cn1cncn1. The van der Waals surface area contributed by atoms with Gasteiger partial charge in [0.2, 0.25) is 0 Å². The molecule has 1 aliphatic rings. The van der Waals surface area contributed by atoms with Gasteiger partial charge in [-0.15, -0.1) is 0 Å². The van der Waals surface area contributed by atoms with Gasteiger partial charge in [0.1, 0.15) is 18.4 Å². The first-order chi connectivity index (χ1) is 14.1. The molecule has 0 bridgehead atoms. The van der Waals surface area contributed by atoms with Gasteiger partial charge in [0, 0.05) is 50.9 Å². The van der Waals surface area contributed by atoms with Gasteiger partial charge >= 0.3 is 0 Å². The van der Waals surface area contributed by atoms with Crippen LogP contribution in [0.4, 0.5) is 0 Å². The van der Waals surface area contributed by atoms with Gasteiger partial charge in [-0.25, -0.2) is 9.67 Å². The maximum atomic E-state index is 9.52. The van der Waals surface area contributed by atoms with Crippen LogP contribution in [0.5, 0.6) is 5.75 Å². The van der Waals surface area contributed by atoms with Crippen molar-refractivity contribution in [2.75, 3.05) is 39.9 Å². The molecule has 2 heterocycles. The van der Waals surface area contributed by atoms with E-state index < -0.39 is 0 Å². The summed E-state index contributed by atoms with van der Waals surface area (Å²) in [6.45, 7) is 10.0. The first kappa shape index (κ1) is 21.5. The fourth-order valence-electron chi connectivity index (χ4n) is 3.86. The highest BCUT2D eigenvalue weighted by atomic mass is 16.5. The largest absolute Gasteiger partial charge is 0.496 e. The second kappa shape index (κ2) is 10.5. The van der Waals surface area contributed by atoms with Crippen LogP contribution in [-0.2, 0) is 13.1 Å². The lowest BCUT2D eigenvalue weighted by atomic mass is 10.1. The number of hydrogen-bond donors (Lipinski definition) is 1. The minimum Gasteiger partial charge on any atom is -0.496 e. The van der Waals surface area contributed by atoms with Crippen molar-refractivity contribution in [2.24, 2.45) is 0 Å². The number of aliphatic hydroxyl groups is 1.